The quantitative estimate of drug-likeness (QED) is 0.754. The van der Waals surface area contributed by atoms with Crippen LogP contribution in [0.1, 0.15) is 32.3 Å². The van der Waals surface area contributed by atoms with E-state index in [9.17, 15) is 8.78 Å². The van der Waals surface area contributed by atoms with Crippen molar-refractivity contribution in [1.29, 1.82) is 0 Å². The minimum absolute atomic E-state index is 0.0299. The van der Waals surface area contributed by atoms with E-state index in [-0.39, 0.29) is 17.1 Å². The Morgan fingerprint density at radius 3 is 2.24 bits per heavy atom. The molecule has 0 spiro atoms. The standard InChI is InChI=1S/C18H20F2O/c1-18(2,3)15(13-7-5-4-6-8-13)12-21-17-10-9-14(19)11-16(17)20/h4-11,15H,12H2,1-3H3. The molecule has 21 heavy (non-hydrogen) atoms. The molecule has 1 atom stereocenters. The lowest BCUT2D eigenvalue weighted by Gasteiger charge is -2.31. The van der Waals surface area contributed by atoms with Crippen molar-refractivity contribution in [2.45, 2.75) is 26.7 Å². The maximum Gasteiger partial charge on any atom is 0.167 e. The summed E-state index contributed by atoms with van der Waals surface area (Å²) in [6, 6.07) is 13.4. The maximum atomic E-state index is 13.6. The second kappa shape index (κ2) is 6.25. The van der Waals surface area contributed by atoms with Crippen molar-refractivity contribution in [1.82, 2.24) is 0 Å². The van der Waals surface area contributed by atoms with Gasteiger partial charge in [-0.05, 0) is 23.1 Å². The van der Waals surface area contributed by atoms with Gasteiger partial charge in [-0.3, -0.25) is 0 Å². The highest BCUT2D eigenvalue weighted by Crippen LogP contribution is 2.35. The molecular formula is C18H20F2O. The van der Waals surface area contributed by atoms with Crippen molar-refractivity contribution in [2.24, 2.45) is 5.41 Å². The molecule has 0 amide bonds. The van der Waals surface area contributed by atoms with Crippen LogP contribution < -0.4 is 4.74 Å². The van der Waals surface area contributed by atoms with Crippen molar-refractivity contribution in [2.75, 3.05) is 6.61 Å². The first-order valence-corrected chi connectivity index (χ1v) is 7.01. The number of hydrogen-bond donors (Lipinski definition) is 0. The van der Waals surface area contributed by atoms with Crippen LogP contribution in [0.15, 0.2) is 48.5 Å². The Kier molecular flexibility index (Phi) is 4.61. The van der Waals surface area contributed by atoms with Gasteiger partial charge in [-0.15, -0.1) is 0 Å². The summed E-state index contributed by atoms with van der Waals surface area (Å²) >= 11 is 0. The topological polar surface area (TPSA) is 9.23 Å². The molecule has 0 N–H and O–H groups in total. The molecule has 0 saturated heterocycles. The molecule has 3 heteroatoms. The summed E-state index contributed by atoms with van der Waals surface area (Å²) in [5.74, 6) is -1.07. The summed E-state index contributed by atoms with van der Waals surface area (Å²) < 4.78 is 32.1. The van der Waals surface area contributed by atoms with E-state index in [1.807, 2.05) is 30.3 Å². The molecule has 2 aromatic rings. The van der Waals surface area contributed by atoms with Gasteiger partial charge >= 0.3 is 0 Å². The first kappa shape index (κ1) is 15.5. The molecule has 0 aromatic heterocycles. The molecule has 0 aliphatic heterocycles. The highest BCUT2D eigenvalue weighted by Gasteiger charge is 2.27. The summed E-state index contributed by atoms with van der Waals surface area (Å²) in [6.07, 6.45) is 0. The Morgan fingerprint density at radius 1 is 1.00 bits per heavy atom. The predicted octanol–water partition coefficient (Wildman–Crippen LogP) is 5.17. The predicted molar refractivity (Wildman–Crippen MR) is 80.5 cm³/mol. The third-order valence-corrected chi connectivity index (χ3v) is 3.55. The van der Waals surface area contributed by atoms with Gasteiger partial charge in [-0.1, -0.05) is 51.1 Å². The lowest BCUT2D eigenvalue weighted by molar-refractivity contribution is 0.197. The van der Waals surface area contributed by atoms with Crippen molar-refractivity contribution in [3.05, 3.63) is 65.7 Å². The summed E-state index contributed by atoms with van der Waals surface area (Å²) in [6.45, 7) is 6.70. The van der Waals surface area contributed by atoms with Crippen LogP contribution >= 0.6 is 0 Å². The van der Waals surface area contributed by atoms with E-state index < -0.39 is 11.6 Å². The number of hydrogen-bond acceptors (Lipinski definition) is 1. The summed E-state index contributed by atoms with van der Waals surface area (Å²) in [5, 5.41) is 0. The van der Waals surface area contributed by atoms with E-state index in [0.29, 0.717) is 6.61 Å². The fourth-order valence-corrected chi connectivity index (χ4v) is 2.30. The molecule has 2 aromatic carbocycles. The lowest BCUT2D eigenvalue weighted by atomic mass is 9.77. The summed E-state index contributed by atoms with van der Waals surface area (Å²) in [5.41, 5.74) is 1.12. The molecule has 0 aliphatic carbocycles. The Labute approximate surface area is 124 Å². The number of ether oxygens (including phenoxy) is 1. The van der Waals surface area contributed by atoms with Crippen LogP contribution in [0.25, 0.3) is 0 Å². The molecule has 1 unspecified atom stereocenters. The summed E-state index contributed by atoms with van der Waals surface area (Å²) in [4.78, 5) is 0. The zero-order valence-corrected chi connectivity index (χ0v) is 12.6. The average molecular weight is 290 g/mol. The number of rotatable bonds is 4. The van der Waals surface area contributed by atoms with Crippen molar-refractivity contribution in [3.63, 3.8) is 0 Å². The van der Waals surface area contributed by atoms with Gasteiger partial charge in [0.05, 0.1) is 6.61 Å². The van der Waals surface area contributed by atoms with Crippen LogP contribution in [-0.4, -0.2) is 6.61 Å². The van der Waals surface area contributed by atoms with Crippen molar-refractivity contribution in [3.8, 4) is 5.75 Å². The molecular weight excluding hydrogens is 270 g/mol. The zero-order chi connectivity index (χ0) is 15.5. The largest absolute Gasteiger partial charge is 0.490 e. The van der Waals surface area contributed by atoms with Crippen LogP contribution in [0.4, 0.5) is 8.78 Å². The summed E-state index contributed by atoms with van der Waals surface area (Å²) in [7, 11) is 0. The van der Waals surface area contributed by atoms with Gasteiger partial charge < -0.3 is 4.74 Å². The smallest absolute Gasteiger partial charge is 0.167 e. The zero-order valence-electron chi connectivity index (χ0n) is 12.6. The molecule has 1 nitrogen and oxygen atoms in total. The van der Waals surface area contributed by atoms with Gasteiger partial charge in [-0.2, -0.15) is 0 Å². The average Bonchev–Trinajstić information content (AvgIpc) is 2.41. The highest BCUT2D eigenvalue weighted by atomic mass is 19.1. The molecule has 0 aliphatic rings. The first-order valence-electron chi connectivity index (χ1n) is 7.01. The molecule has 0 saturated carbocycles. The minimum Gasteiger partial charge on any atom is -0.490 e. The van der Waals surface area contributed by atoms with E-state index in [2.05, 4.69) is 20.8 Å². The minimum atomic E-state index is -0.671. The maximum absolute atomic E-state index is 13.6. The number of halogens is 2. The van der Waals surface area contributed by atoms with Crippen LogP contribution in [-0.2, 0) is 0 Å². The van der Waals surface area contributed by atoms with Crippen LogP contribution in [0.2, 0.25) is 0 Å². The van der Waals surface area contributed by atoms with Gasteiger partial charge in [-0.25, -0.2) is 8.78 Å². The van der Waals surface area contributed by atoms with E-state index in [1.54, 1.807) is 0 Å². The monoisotopic (exact) mass is 290 g/mol. The Balaban J connectivity index is 2.17. The normalized spacial score (nSPS) is 13.0. The van der Waals surface area contributed by atoms with Crippen LogP contribution in [0.3, 0.4) is 0 Å². The fourth-order valence-electron chi connectivity index (χ4n) is 2.30. The van der Waals surface area contributed by atoms with Gasteiger partial charge in [0, 0.05) is 12.0 Å². The van der Waals surface area contributed by atoms with Gasteiger partial charge in [0.25, 0.3) is 0 Å². The molecule has 0 fully saturated rings. The molecule has 0 heterocycles. The third kappa shape index (κ3) is 4.03. The second-order valence-corrected chi connectivity index (χ2v) is 6.22. The highest BCUT2D eigenvalue weighted by molar-refractivity contribution is 5.26. The lowest BCUT2D eigenvalue weighted by Crippen LogP contribution is -2.24. The SMILES string of the molecule is CC(C)(C)C(COc1ccc(F)cc1F)c1ccccc1. The Morgan fingerprint density at radius 2 is 1.67 bits per heavy atom. The van der Waals surface area contributed by atoms with Gasteiger partial charge in [0.1, 0.15) is 5.82 Å². The number of benzene rings is 2. The Bertz CT molecular complexity index is 588. The van der Waals surface area contributed by atoms with Crippen molar-refractivity contribution >= 4 is 0 Å². The van der Waals surface area contributed by atoms with Crippen molar-refractivity contribution < 1.29 is 13.5 Å². The first-order chi connectivity index (χ1) is 9.88. The van der Waals surface area contributed by atoms with E-state index >= 15 is 0 Å². The van der Waals surface area contributed by atoms with Gasteiger partial charge in [0.2, 0.25) is 0 Å². The molecule has 0 radical (unpaired) electrons. The van der Waals surface area contributed by atoms with E-state index in [1.165, 1.54) is 12.1 Å². The van der Waals surface area contributed by atoms with E-state index in [4.69, 9.17) is 4.74 Å². The van der Waals surface area contributed by atoms with E-state index in [0.717, 1.165) is 11.6 Å². The molecule has 0 bridgehead atoms. The Hall–Kier alpha value is -1.90. The fraction of sp³-hybridized carbons (Fsp3) is 0.333. The second-order valence-electron chi connectivity index (χ2n) is 6.22. The molecule has 2 rings (SSSR count). The van der Waals surface area contributed by atoms with Crippen LogP contribution in [0.5, 0.6) is 5.75 Å². The molecule has 112 valence electrons. The van der Waals surface area contributed by atoms with Gasteiger partial charge in [0.15, 0.2) is 11.6 Å². The van der Waals surface area contributed by atoms with Crippen LogP contribution in [0, 0.1) is 17.0 Å². The third-order valence-electron chi connectivity index (χ3n) is 3.55.